The summed E-state index contributed by atoms with van der Waals surface area (Å²) in [5, 5.41) is 41.9. The van der Waals surface area contributed by atoms with E-state index in [9.17, 15) is 24.9 Å². The number of nitrogens with two attached hydrogens (primary N) is 1. The molecule has 0 spiro atoms. The molecule has 324 valence electrons. The zero-order valence-corrected chi connectivity index (χ0v) is 35.9. The molecule has 2 saturated carbocycles. The molecule has 6 rings (SSSR count). The summed E-state index contributed by atoms with van der Waals surface area (Å²) in [6.07, 6.45) is 17.3. The normalized spacial score (nSPS) is 36.9. The zero-order valence-electron chi connectivity index (χ0n) is 35.9. The molecule has 3 heterocycles. The number of ether oxygens (including phenoxy) is 1. The van der Waals surface area contributed by atoms with Crippen LogP contribution in [-0.2, 0) is 14.3 Å². The molecule has 7 N–H and O–H groups in total. The van der Waals surface area contributed by atoms with Gasteiger partial charge in [0.1, 0.15) is 29.6 Å². The van der Waals surface area contributed by atoms with Crippen LogP contribution in [0.2, 0.25) is 0 Å². The monoisotopic (exact) mass is 806 g/mol. The summed E-state index contributed by atoms with van der Waals surface area (Å²) in [5.41, 5.74) is 7.72. The van der Waals surface area contributed by atoms with Crippen LogP contribution in [0, 0.1) is 77.6 Å². The van der Waals surface area contributed by atoms with E-state index in [2.05, 4.69) is 47.4 Å². The van der Waals surface area contributed by atoms with Crippen LogP contribution >= 0.6 is 0 Å². The maximum atomic E-state index is 13.8. The first kappa shape index (κ1) is 45.4. The highest BCUT2D eigenvalue weighted by Gasteiger charge is 2.42. The van der Waals surface area contributed by atoms with Crippen LogP contribution in [-0.4, -0.2) is 89.9 Å². The molecule has 4 fully saturated rings. The van der Waals surface area contributed by atoms with Gasteiger partial charge in [-0.05, 0) is 131 Å². The lowest BCUT2D eigenvalue weighted by Crippen LogP contribution is -2.49. The number of rotatable bonds is 18. The van der Waals surface area contributed by atoms with Crippen molar-refractivity contribution >= 4 is 17.8 Å². The summed E-state index contributed by atoms with van der Waals surface area (Å²) in [4.78, 5) is 30.0. The number of carbonyl (C=O) groups excluding carboxylic acids is 2. The number of ketones is 2. The Morgan fingerprint density at radius 2 is 1.78 bits per heavy atom. The lowest BCUT2D eigenvalue weighted by Gasteiger charge is -2.41. The second-order valence-corrected chi connectivity index (χ2v) is 19.9. The highest BCUT2D eigenvalue weighted by molar-refractivity contribution is 5.84. The zero-order chi connectivity index (χ0) is 41.2. The van der Waals surface area contributed by atoms with E-state index in [1.54, 1.807) is 7.11 Å². The van der Waals surface area contributed by atoms with Gasteiger partial charge in [0.15, 0.2) is 6.21 Å². The van der Waals surface area contributed by atoms with Crippen molar-refractivity contribution in [3.05, 3.63) is 18.2 Å². The number of carbonyl (C=O) groups is 2. The maximum absolute atomic E-state index is 13.8. The van der Waals surface area contributed by atoms with Gasteiger partial charge in [-0.15, -0.1) is 4.99 Å². The maximum Gasteiger partial charge on any atom is 0.176 e. The minimum Gasteiger partial charge on any atom is -0.393 e. The van der Waals surface area contributed by atoms with Crippen LogP contribution in [0.15, 0.2) is 16.6 Å². The fourth-order valence-electron chi connectivity index (χ4n) is 11.7. The Balaban J connectivity index is 1.10. The fourth-order valence-corrected chi connectivity index (χ4v) is 11.7. The summed E-state index contributed by atoms with van der Waals surface area (Å²) < 4.78 is 5.72. The highest BCUT2D eigenvalue weighted by atomic mass is 16.5. The Bertz CT molecular complexity index is 1460. The van der Waals surface area contributed by atoms with E-state index in [1.165, 1.54) is 12.0 Å². The Labute approximate surface area is 349 Å². The third kappa shape index (κ3) is 12.7. The van der Waals surface area contributed by atoms with Gasteiger partial charge in [0.2, 0.25) is 0 Å². The topological polar surface area (TPSA) is 166 Å². The van der Waals surface area contributed by atoms with E-state index in [-0.39, 0.29) is 41.7 Å². The number of aliphatic hydroxyl groups is 3. The van der Waals surface area contributed by atoms with Gasteiger partial charge in [-0.1, -0.05) is 45.0 Å². The molecule has 0 amide bonds. The first-order chi connectivity index (χ1) is 28.0. The van der Waals surface area contributed by atoms with Gasteiger partial charge < -0.3 is 36.4 Å². The van der Waals surface area contributed by atoms with Crippen molar-refractivity contribution in [3.8, 4) is 11.8 Å². The number of aliphatic hydroxyl groups excluding tert-OH is 3. The second kappa shape index (κ2) is 22.1. The van der Waals surface area contributed by atoms with Crippen molar-refractivity contribution in [3.63, 3.8) is 0 Å². The fraction of sp³-hybridized carbons (Fsp3) is 0.833. The van der Waals surface area contributed by atoms with Crippen LogP contribution in [0.1, 0.15) is 136 Å². The third-order valence-corrected chi connectivity index (χ3v) is 15.3. The number of nitrogens with one attached hydrogen (secondary N) is 2. The average Bonchev–Trinajstić information content (AvgIpc) is 3.74. The number of methoxy groups -OCH3 is 1. The minimum absolute atomic E-state index is 0.0231. The predicted octanol–water partition coefficient (Wildman–Crippen LogP) is 5.91. The number of nitrogens with zero attached hydrogens (tertiary/aromatic N) is 1. The van der Waals surface area contributed by atoms with Crippen molar-refractivity contribution in [1.29, 1.82) is 0 Å². The van der Waals surface area contributed by atoms with E-state index >= 15 is 0 Å². The van der Waals surface area contributed by atoms with Gasteiger partial charge in [0, 0.05) is 51.3 Å². The average molecular weight is 806 g/mol. The Morgan fingerprint density at radius 1 is 0.948 bits per heavy atom. The number of piperidine rings is 2. The molecule has 3 aliphatic carbocycles. The highest BCUT2D eigenvalue weighted by Crippen LogP contribution is 2.43. The van der Waals surface area contributed by atoms with Crippen LogP contribution in [0.4, 0.5) is 0 Å². The van der Waals surface area contributed by atoms with Crippen molar-refractivity contribution in [1.82, 2.24) is 10.6 Å². The molecule has 58 heavy (non-hydrogen) atoms. The molecule has 15 atom stereocenters. The van der Waals surface area contributed by atoms with Gasteiger partial charge in [-0.25, -0.2) is 0 Å². The molecule has 0 radical (unpaired) electrons. The van der Waals surface area contributed by atoms with Crippen LogP contribution in [0.3, 0.4) is 0 Å². The van der Waals surface area contributed by atoms with Crippen molar-refractivity contribution in [2.24, 2.45) is 69.9 Å². The molecule has 0 bridgehead atoms. The lowest BCUT2D eigenvalue weighted by molar-refractivity contribution is -0.125. The molecular weight excluding hydrogens is 729 g/mol. The quantitative estimate of drug-likeness (QED) is 0.0561. The second-order valence-electron chi connectivity index (χ2n) is 19.9. The van der Waals surface area contributed by atoms with Gasteiger partial charge in [-0.2, -0.15) is 0 Å². The summed E-state index contributed by atoms with van der Waals surface area (Å²) in [5.74, 6) is 9.46. The number of hydrogen-bond acceptors (Lipinski definition) is 10. The van der Waals surface area contributed by atoms with Crippen molar-refractivity contribution in [2.45, 2.75) is 172 Å². The van der Waals surface area contributed by atoms with Crippen LogP contribution in [0.5, 0.6) is 0 Å². The molecule has 0 aromatic heterocycles. The van der Waals surface area contributed by atoms with E-state index in [4.69, 9.17) is 10.5 Å². The number of fused-ring (bicyclic) bond motifs is 2. The molecule has 10 nitrogen and oxygen atoms in total. The summed E-state index contributed by atoms with van der Waals surface area (Å²) in [6.45, 7) is 8.18. The van der Waals surface area contributed by atoms with Crippen molar-refractivity contribution < 1.29 is 29.6 Å². The minimum atomic E-state index is -0.809. The molecule has 6 aliphatic rings. The van der Waals surface area contributed by atoms with E-state index in [0.717, 1.165) is 77.3 Å². The molecule has 15 unspecified atom stereocenters. The SMILES string of the molecule is COC1CC2CCC(=O)C(C(O)CCCCC3CNC4CC(=O)CCC4C3)C#CC(CCC(O)C(CCC(C)C)CC3CC(N)NCC3CC3=C[CH+]N=C3)C2CC1O. The van der Waals surface area contributed by atoms with Crippen LogP contribution < -0.4 is 16.4 Å². The molecule has 0 aromatic rings. The van der Waals surface area contributed by atoms with Crippen molar-refractivity contribution in [2.75, 3.05) is 20.2 Å². The van der Waals surface area contributed by atoms with E-state index in [1.807, 2.05) is 12.8 Å². The number of unbranched alkanes of at least 4 members (excludes halogenated alkanes) is 1. The molecule has 2 saturated heterocycles. The van der Waals surface area contributed by atoms with Crippen LogP contribution in [0.25, 0.3) is 0 Å². The lowest BCUT2D eigenvalue weighted by atomic mass is 9.67. The predicted molar refractivity (Wildman–Crippen MR) is 229 cm³/mol. The number of aliphatic imine (C=N–C) groups is 1. The first-order valence-electron chi connectivity index (χ1n) is 23.4. The van der Waals surface area contributed by atoms with Gasteiger partial charge in [-0.3, -0.25) is 9.59 Å². The molecule has 0 aromatic carbocycles. The smallest absolute Gasteiger partial charge is 0.176 e. The molecule has 10 heteroatoms. The number of hydrogen-bond donors (Lipinski definition) is 6. The van der Waals surface area contributed by atoms with E-state index < -0.39 is 24.2 Å². The Kier molecular flexibility index (Phi) is 17.3. The molecular formula is C48H77N4O6+. The van der Waals surface area contributed by atoms with Gasteiger partial charge in [0.25, 0.3) is 0 Å². The van der Waals surface area contributed by atoms with Gasteiger partial charge >= 0.3 is 0 Å². The van der Waals surface area contributed by atoms with E-state index in [0.29, 0.717) is 92.8 Å². The summed E-state index contributed by atoms with van der Waals surface area (Å²) in [6, 6.07) is 0.351. The number of allylic oxidation sites excluding steroid dienone is 1. The largest absolute Gasteiger partial charge is 0.393 e. The van der Waals surface area contributed by atoms with Gasteiger partial charge in [0.05, 0.1) is 36.7 Å². The first-order valence-corrected chi connectivity index (χ1v) is 23.4. The molecule has 3 aliphatic heterocycles. The summed E-state index contributed by atoms with van der Waals surface area (Å²) >= 11 is 0. The standard InChI is InChI=1S/C48H77N4O6/c1-30(2)8-9-36(22-37-24-48(49)52-29-38(37)21-32-18-19-50-27-32)43(54)16-12-33-11-15-40(45(56)17-13-34-23-47(58-3)46(57)26-41(33)34)44(55)7-5-4-6-31-20-35-10-14-39(53)25-42(35)51-28-31/h18-19,27,30-31,33-38,40-44,46-48,51-52,54-55,57H,4-10,12-14,16-17,20-26,28-29,49H2,1-3H3/q+1. The number of Topliss-reactive ketones (excluding diaryl/α,β-unsaturated/α-hetero) is 2. The third-order valence-electron chi connectivity index (χ3n) is 15.3. The Hall–Kier alpha value is -2.10. The Morgan fingerprint density at radius 3 is 2.55 bits per heavy atom. The summed E-state index contributed by atoms with van der Waals surface area (Å²) in [7, 11) is 1.65.